The molecule has 0 spiro atoms. The summed E-state index contributed by atoms with van der Waals surface area (Å²) in [6.07, 6.45) is 2.73. The molecular formula is C15H20N4S. The topological polar surface area (TPSA) is 53.6 Å². The third-order valence-electron chi connectivity index (χ3n) is 3.90. The van der Waals surface area contributed by atoms with E-state index in [1.54, 1.807) is 18.1 Å². The van der Waals surface area contributed by atoms with Gasteiger partial charge in [0.15, 0.2) is 5.16 Å². The Kier molecular flexibility index (Phi) is 4.08. The molecule has 0 saturated heterocycles. The second-order valence-electron chi connectivity index (χ2n) is 5.25. The van der Waals surface area contributed by atoms with E-state index in [0.717, 1.165) is 18.1 Å². The van der Waals surface area contributed by atoms with Gasteiger partial charge in [-0.1, -0.05) is 49.9 Å². The van der Waals surface area contributed by atoms with Crippen molar-refractivity contribution < 1.29 is 0 Å². The molecule has 3 atom stereocenters. The Hall–Kier alpha value is -1.33. The zero-order valence-corrected chi connectivity index (χ0v) is 12.7. The highest BCUT2D eigenvalue weighted by molar-refractivity contribution is 7.99. The minimum atomic E-state index is 0.377. The van der Waals surface area contributed by atoms with Crippen molar-refractivity contribution >= 4 is 11.8 Å². The van der Waals surface area contributed by atoms with Crippen LogP contribution in [0.4, 0.5) is 0 Å². The van der Waals surface area contributed by atoms with Crippen LogP contribution in [0.1, 0.15) is 43.4 Å². The summed E-state index contributed by atoms with van der Waals surface area (Å²) in [5.74, 6) is 0.585. The Bertz CT molecular complexity index is 555. The monoisotopic (exact) mass is 288 g/mol. The highest BCUT2D eigenvalue weighted by Gasteiger charge is 2.33. The molecule has 1 aliphatic carbocycles. The molecule has 1 aliphatic rings. The van der Waals surface area contributed by atoms with Gasteiger partial charge in [0.2, 0.25) is 0 Å². The number of fused-ring (bicyclic) bond motifs is 1. The van der Waals surface area contributed by atoms with Crippen LogP contribution in [-0.2, 0) is 0 Å². The van der Waals surface area contributed by atoms with Gasteiger partial charge in [-0.2, -0.15) is 5.10 Å². The minimum absolute atomic E-state index is 0.377. The quantitative estimate of drug-likeness (QED) is 0.907. The molecule has 2 aromatic rings. The first-order valence-electron chi connectivity index (χ1n) is 7.13. The molecule has 0 bridgehead atoms. The molecule has 1 aromatic carbocycles. The van der Waals surface area contributed by atoms with Gasteiger partial charge in [0, 0.05) is 11.3 Å². The number of hydrogen-bond donors (Lipinski definition) is 2. The highest BCUT2D eigenvalue weighted by Crippen LogP contribution is 2.43. The second-order valence-corrected chi connectivity index (χ2v) is 6.48. The number of benzene rings is 1. The van der Waals surface area contributed by atoms with Crippen molar-refractivity contribution in [1.29, 1.82) is 0 Å². The fraction of sp³-hybridized carbons (Fsp3) is 0.467. The molecular weight excluding hydrogens is 268 g/mol. The van der Waals surface area contributed by atoms with Crippen molar-refractivity contribution in [3.8, 4) is 0 Å². The van der Waals surface area contributed by atoms with Gasteiger partial charge in [-0.15, -0.1) is 0 Å². The largest absolute Gasteiger partial charge is 0.309 e. The van der Waals surface area contributed by atoms with E-state index in [1.165, 1.54) is 11.1 Å². The van der Waals surface area contributed by atoms with Crippen molar-refractivity contribution in [3.63, 3.8) is 0 Å². The summed E-state index contributed by atoms with van der Waals surface area (Å²) in [6, 6.07) is 9.17. The first kappa shape index (κ1) is 13.6. The van der Waals surface area contributed by atoms with E-state index in [9.17, 15) is 0 Å². The summed E-state index contributed by atoms with van der Waals surface area (Å²) in [4.78, 5) is 4.25. The van der Waals surface area contributed by atoms with Crippen LogP contribution in [-0.4, -0.2) is 27.0 Å². The number of rotatable bonds is 4. The molecule has 106 valence electrons. The molecule has 0 aliphatic heterocycles. The van der Waals surface area contributed by atoms with Gasteiger partial charge in [-0.25, -0.2) is 4.98 Å². The summed E-state index contributed by atoms with van der Waals surface area (Å²) >= 11 is 1.79. The Morgan fingerprint density at radius 2 is 2.15 bits per heavy atom. The maximum Gasteiger partial charge on any atom is 0.183 e. The molecule has 0 saturated carbocycles. The van der Waals surface area contributed by atoms with E-state index in [-0.39, 0.29) is 0 Å². The van der Waals surface area contributed by atoms with Crippen LogP contribution < -0.4 is 5.32 Å². The van der Waals surface area contributed by atoms with E-state index in [1.807, 2.05) is 0 Å². The lowest BCUT2D eigenvalue weighted by Crippen LogP contribution is -2.35. The van der Waals surface area contributed by atoms with Gasteiger partial charge >= 0.3 is 0 Å². The minimum Gasteiger partial charge on any atom is -0.309 e. The van der Waals surface area contributed by atoms with Crippen LogP contribution in [0.3, 0.4) is 0 Å². The lowest BCUT2D eigenvalue weighted by molar-refractivity contribution is 0.453. The second kappa shape index (κ2) is 5.97. The summed E-state index contributed by atoms with van der Waals surface area (Å²) in [5, 5.41) is 11.9. The van der Waals surface area contributed by atoms with Crippen molar-refractivity contribution in [2.45, 2.75) is 42.6 Å². The third kappa shape index (κ3) is 2.60. The van der Waals surface area contributed by atoms with E-state index in [4.69, 9.17) is 0 Å². The van der Waals surface area contributed by atoms with Crippen LogP contribution >= 0.6 is 11.8 Å². The van der Waals surface area contributed by atoms with Gasteiger partial charge in [-0.05, 0) is 30.0 Å². The maximum absolute atomic E-state index is 4.25. The Labute approximate surface area is 123 Å². The third-order valence-corrected chi connectivity index (χ3v) is 5.09. The molecule has 1 aromatic heterocycles. The summed E-state index contributed by atoms with van der Waals surface area (Å²) < 4.78 is 0. The molecule has 0 amide bonds. The normalized spacial score (nSPS) is 25.4. The lowest BCUT2D eigenvalue weighted by atomic mass is 9.80. The van der Waals surface area contributed by atoms with Gasteiger partial charge < -0.3 is 5.32 Å². The van der Waals surface area contributed by atoms with Crippen molar-refractivity contribution in [2.75, 3.05) is 6.54 Å². The number of aromatic nitrogens is 3. The molecule has 20 heavy (non-hydrogen) atoms. The molecule has 2 N–H and O–H groups in total. The van der Waals surface area contributed by atoms with Gasteiger partial charge in [0.05, 0.1) is 0 Å². The predicted molar refractivity (Wildman–Crippen MR) is 81.9 cm³/mol. The number of aromatic amines is 1. The zero-order valence-electron chi connectivity index (χ0n) is 11.8. The van der Waals surface area contributed by atoms with E-state index < -0.39 is 0 Å². The predicted octanol–water partition coefficient (Wildman–Crippen LogP) is 3.12. The van der Waals surface area contributed by atoms with Crippen LogP contribution in [0.25, 0.3) is 0 Å². The molecule has 0 radical (unpaired) electrons. The summed E-state index contributed by atoms with van der Waals surface area (Å²) in [7, 11) is 0. The van der Waals surface area contributed by atoms with Crippen LogP contribution in [0.5, 0.6) is 0 Å². The Morgan fingerprint density at radius 1 is 1.35 bits per heavy atom. The van der Waals surface area contributed by atoms with Gasteiger partial charge in [0.25, 0.3) is 0 Å². The number of H-pyrrole nitrogens is 1. The SMILES string of the molecule is CCNC1c2ccccc2C(C)CC1Sc1ncn[nH]1. The van der Waals surface area contributed by atoms with Crippen LogP contribution in [0, 0.1) is 0 Å². The fourth-order valence-electron chi connectivity index (χ4n) is 3.03. The summed E-state index contributed by atoms with van der Waals surface area (Å²) in [6.45, 7) is 5.45. The number of hydrogen-bond acceptors (Lipinski definition) is 4. The standard InChI is InChI=1S/C15H20N4S/c1-3-16-14-12-7-5-4-6-11(12)10(2)8-13(14)20-15-17-9-18-19-15/h4-7,9-10,13-14,16H,3,8H2,1-2H3,(H,17,18,19). The van der Waals surface area contributed by atoms with E-state index >= 15 is 0 Å². The first-order valence-corrected chi connectivity index (χ1v) is 8.01. The zero-order chi connectivity index (χ0) is 13.9. The van der Waals surface area contributed by atoms with Gasteiger partial charge in [0.1, 0.15) is 6.33 Å². The van der Waals surface area contributed by atoms with Crippen molar-refractivity contribution in [3.05, 3.63) is 41.7 Å². The average molecular weight is 288 g/mol. The Morgan fingerprint density at radius 3 is 2.85 bits per heavy atom. The number of nitrogens with one attached hydrogen (secondary N) is 2. The van der Waals surface area contributed by atoms with Crippen molar-refractivity contribution in [1.82, 2.24) is 20.5 Å². The van der Waals surface area contributed by atoms with Gasteiger partial charge in [-0.3, -0.25) is 5.10 Å². The fourth-order valence-corrected chi connectivity index (χ4v) is 4.29. The molecule has 4 nitrogen and oxygen atoms in total. The average Bonchev–Trinajstić information content (AvgIpc) is 2.96. The maximum atomic E-state index is 4.25. The smallest absolute Gasteiger partial charge is 0.183 e. The Balaban J connectivity index is 1.90. The lowest BCUT2D eigenvalue weighted by Gasteiger charge is -2.36. The van der Waals surface area contributed by atoms with Crippen molar-refractivity contribution in [2.24, 2.45) is 0 Å². The molecule has 3 unspecified atom stereocenters. The molecule has 1 heterocycles. The van der Waals surface area contributed by atoms with Crippen LogP contribution in [0.2, 0.25) is 0 Å². The van der Waals surface area contributed by atoms with E-state index in [0.29, 0.717) is 17.2 Å². The number of nitrogens with zero attached hydrogens (tertiary/aromatic N) is 2. The molecule has 0 fully saturated rings. The van der Waals surface area contributed by atoms with Crippen LogP contribution in [0.15, 0.2) is 35.7 Å². The first-order chi connectivity index (χ1) is 9.79. The van der Waals surface area contributed by atoms with E-state index in [2.05, 4.69) is 58.6 Å². The molecule has 3 rings (SSSR count). The summed E-state index contributed by atoms with van der Waals surface area (Å²) in [5.41, 5.74) is 2.91. The highest BCUT2D eigenvalue weighted by atomic mass is 32.2. The molecule has 5 heteroatoms. The number of thioether (sulfide) groups is 1.